The molecule has 0 aliphatic heterocycles. The van der Waals surface area contributed by atoms with Crippen molar-refractivity contribution in [1.29, 1.82) is 0 Å². The van der Waals surface area contributed by atoms with Gasteiger partial charge < -0.3 is 20.5 Å². The fourth-order valence-corrected chi connectivity index (χ4v) is 1.73. The molecule has 1 aromatic rings. The van der Waals surface area contributed by atoms with E-state index in [-0.39, 0.29) is 18.8 Å². The van der Waals surface area contributed by atoms with Crippen molar-refractivity contribution < 1.29 is 24.4 Å². The van der Waals surface area contributed by atoms with Gasteiger partial charge in [-0.05, 0) is 32.9 Å². The normalized spacial score (nSPS) is 10.7. The van der Waals surface area contributed by atoms with E-state index in [1.807, 2.05) is 0 Å². The highest BCUT2D eigenvalue weighted by Crippen LogP contribution is 2.28. The summed E-state index contributed by atoms with van der Waals surface area (Å²) in [4.78, 5) is 32.8. The number of nitro groups is 1. The third-order valence-corrected chi connectivity index (χ3v) is 2.56. The van der Waals surface area contributed by atoms with Crippen LogP contribution >= 0.6 is 0 Å². The van der Waals surface area contributed by atoms with Crippen molar-refractivity contribution in [3.63, 3.8) is 0 Å². The smallest absolute Gasteiger partial charge is 0.407 e. The number of anilines is 1. The topological polar surface area (TPSA) is 131 Å². The molecule has 0 spiro atoms. The number of carbonyl (C=O) groups excluding carboxylic acids is 1. The van der Waals surface area contributed by atoms with E-state index in [4.69, 9.17) is 9.84 Å². The van der Waals surface area contributed by atoms with E-state index < -0.39 is 33.8 Å². The number of nitrogens with zero attached hydrogens (tertiary/aromatic N) is 1. The van der Waals surface area contributed by atoms with Crippen molar-refractivity contribution in [2.45, 2.75) is 26.4 Å². The van der Waals surface area contributed by atoms with E-state index in [0.29, 0.717) is 0 Å². The number of rotatable bonds is 6. The first kappa shape index (κ1) is 18.2. The summed E-state index contributed by atoms with van der Waals surface area (Å²) >= 11 is 0. The molecule has 9 heteroatoms. The van der Waals surface area contributed by atoms with Crippen LogP contribution in [0.1, 0.15) is 31.1 Å². The van der Waals surface area contributed by atoms with Gasteiger partial charge in [0, 0.05) is 13.1 Å². The molecule has 1 rings (SSSR count). The second-order valence-electron chi connectivity index (χ2n) is 5.62. The van der Waals surface area contributed by atoms with Crippen LogP contribution in [-0.2, 0) is 4.74 Å². The van der Waals surface area contributed by atoms with E-state index in [1.165, 1.54) is 12.1 Å². The monoisotopic (exact) mass is 325 g/mol. The summed E-state index contributed by atoms with van der Waals surface area (Å²) in [6.07, 6.45) is -0.604. The predicted molar refractivity (Wildman–Crippen MR) is 82.8 cm³/mol. The number of carboxylic acid groups (broad SMARTS) is 1. The fourth-order valence-electron chi connectivity index (χ4n) is 1.73. The molecule has 1 aromatic carbocycles. The Labute approximate surface area is 132 Å². The molecule has 9 nitrogen and oxygen atoms in total. The van der Waals surface area contributed by atoms with Gasteiger partial charge in [0.25, 0.3) is 0 Å². The maximum Gasteiger partial charge on any atom is 0.407 e. The number of hydrogen-bond donors (Lipinski definition) is 3. The minimum atomic E-state index is -1.38. The number of amides is 1. The van der Waals surface area contributed by atoms with Gasteiger partial charge in [-0.2, -0.15) is 0 Å². The summed E-state index contributed by atoms with van der Waals surface area (Å²) in [7, 11) is 0. The lowest BCUT2D eigenvalue weighted by molar-refractivity contribution is -0.384. The summed E-state index contributed by atoms with van der Waals surface area (Å²) in [5, 5.41) is 25.3. The highest BCUT2D eigenvalue weighted by atomic mass is 16.6. The van der Waals surface area contributed by atoms with Gasteiger partial charge in [-0.15, -0.1) is 0 Å². The number of ether oxygens (including phenoxy) is 1. The molecule has 3 N–H and O–H groups in total. The predicted octanol–water partition coefficient (Wildman–Crippen LogP) is 2.23. The largest absolute Gasteiger partial charge is 0.477 e. The van der Waals surface area contributed by atoms with Gasteiger partial charge in [-0.25, -0.2) is 9.59 Å². The lowest BCUT2D eigenvalue weighted by Crippen LogP contribution is -2.35. The number of benzene rings is 1. The molecule has 126 valence electrons. The van der Waals surface area contributed by atoms with Crippen LogP contribution in [0, 0.1) is 10.1 Å². The lowest BCUT2D eigenvalue weighted by Gasteiger charge is -2.19. The Kier molecular flexibility index (Phi) is 5.88. The second-order valence-corrected chi connectivity index (χ2v) is 5.62. The fraction of sp³-hybridized carbons (Fsp3) is 0.429. The van der Waals surface area contributed by atoms with Gasteiger partial charge in [0.05, 0.1) is 4.92 Å². The molecule has 0 atom stereocenters. The number of alkyl carbamates (subject to hydrolysis) is 1. The molecule has 0 aliphatic rings. The molecule has 0 heterocycles. The van der Waals surface area contributed by atoms with Crippen molar-refractivity contribution in [3.05, 3.63) is 33.9 Å². The van der Waals surface area contributed by atoms with E-state index in [1.54, 1.807) is 20.8 Å². The first-order valence-corrected chi connectivity index (χ1v) is 6.83. The van der Waals surface area contributed by atoms with Crippen LogP contribution < -0.4 is 10.6 Å². The molecule has 1 amide bonds. The second kappa shape index (κ2) is 7.43. The third-order valence-electron chi connectivity index (χ3n) is 2.56. The number of carbonyl (C=O) groups is 2. The van der Waals surface area contributed by atoms with Crippen molar-refractivity contribution in [2.24, 2.45) is 0 Å². The van der Waals surface area contributed by atoms with Gasteiger partial charge >= 0.3 is 17.7 Å². The van der Waals surface area contributed by atoms with Crippen molar-refractivity contribution in [3.8, 4) is 0 Å². The summed E-state index contributed by atoms with van der Waals surface area (Å²) in [5.41, 5.74) is -1.47. The Balaban J connectivity index is 2.65. The molecule has 0 fully saturated rings. The number of aromatic carboxylic acids is 1. The quantitative estimate of drug-likeness (QED) is 0.415. The van der Waals surface area contributed by atoms with Crippen LogP contribution in [0.25, 0.3) is 0 Å². The Hall–Kier alpha value is -2.84. The summed E-state index contributed by atoms with van der Waals surface area (Å²) in [6.45, 7) is 5.51. The Morgan fingerprint density at radius 3 is 2.48 bits per heavy atom. The van der Waals surface area contributed by atoms with Gasteiger partial charge in [0.15, 0.2) is 0 Å². The average Bonchev–Trinajstić information content (AvgIpc) is 2.41. The summed E-state index contributed by atoms with van der Waals surface area (Å²) < 4.78 is 5.04. The van der Waals surface area contributed by atoms with Crippen molar-refractivity contribution in [1.82, 2.24) is 5.32 Å². The van der Waals surface area contributed by atoms with Crippen LogP contribution in [0.15, 0.2) is 18.2 Å². The van der Waals surface area contributed by atoms with Crippen molar-refractivity contribution in [2.75, 3.05) is 18.4 Å². The molecule has 0 aromatic heterocycles. The maximum absolute atomic E-state index is 11.4. The van der Waals surface area contributed by atoms with Gasteiger partial charge in [0.2, 0.25) is 0 Å². The lowest BCUT2D eigenvalue weighted by atomic mass is 10.1. The van der Waals surface area contributed by atoms with Crippen LogP contribution in [0.4, 0.5) is 16.2 Å². The molecule has 0 saturated carbocycles. The zero-order valence-electron chi connectivity index (χ0n) is 13.1. The minimum Gasteiger partial charge on any atom is -0.477 e. The van der Waals surface area contributed by atoms with E-state index in [2.05, 4.69) is 10.6 Å². The zero-order valence-corrected chi connectivity index (χ0v) is 13.1. The van der Waals surface area contributed by atoms with Crippen LogP contribution in [0.2, 0.25) is 0 Å². The SMILES string of the molecule is CC(C)(C)OC(=O)NCCNc1cccc(C(=O)O)c1[N+](=O)[O-]. The molecular weight excluding hydrogens is 306 g/mol. The number of carboxylic acids is 1. The number of hydrogen-bond acceptors (Lipinski definition) is 6. The molecule has 0 bridgehead atoms. The highest BCUT2D eigenvalue weighted by molar-refractivity contribution is 5.95. The van der Waals surface area contributed by atoms with E-state index >= 15 is 0 Å². The number of nitrogens with one attached hydrogen (secondary N) is 2. The van der Waals surface area contributed by atoms with Gasteiger partial charge in [-0.1, -0.05) is 6.07 Å². The van der Waals surface area contributed by atoms with Gasteiger partial charge in [-0.3, -0.25) is 10.1 Å². The first-order chi connectivity index (χ1) is 10.6. The van der Waals surface area contributed by atoms with Crippen molar-refractivity contribution >= 4 is 23.4 Å². The minimum absolute atomic E-state index is 0.0703. The van der Waals surface area contributed by atoms with Crippen LogP contribution in [0.3, 0.4) is 0 Å². The Morgan fingerprint density at radius 2 is 1.96 bits per heavy atom. The number of para-hydroxylation sites is 1. The van der Waals surface area contributed by atoms with Crippen LogP contribution in [0.5, 0.6) is 0 Å². The Morgan fingerprint density at radius 1 is 1.30 bits per heavy atom. The molecular formula is C14H19N3O6. The zero-order chi connectivity index (χ0) is 17.6. The molecule has 0 aliphatic carbocycles. The molecule has 0 saturated heterocycles. The summed E-state index contributed by atoms with van der Waals surface area (Å²) in [6, 6.07) is 3.96. The highest BCUT2D eigenvalue weighted by Gasteiger charge is 2.24. The van der Waals surface area contributed by atoms with E-state index in [9.17, 15) is 19.7 Å². The van der Waals surface area contributed by atoms with E-state index in [0.717, 1.165) is 6.07 Å². The van der Waals surface area contributed by atoms with Gasteiger partial charge in [0.1, 0.15) is 16.9 Å². The third kappa shape index (κ3) is 5.81. The first-order valence-electron chi connectivity index (χ1n) is 6.83. The number of nitro benzene ring substituents is 1. The maximum atomic E-state index is 11.4. The van der Waals surface area contributed by atoms with Crippen LogP contribution in [-0.4, -0.2) is 40.8 Å². The molecule has 0 unspecified atom stereocenters. The summed E-state index contributed by atoms with van der Waals surface area (Å²) in [5.74, 6) is -1.38. The Bertz CT molecular complexity index is 609. The standard InChI is InChI=1S/C14H19N3O6/c1-14(2,3)23-13(20)16-8-7-15-10-6-4-5-9(12(18)19)11(10)17(21)22/h4-6,15H,7-8H2,1-3H3,(H,16,20)(H,18,19). The molecule has 0 radical (unpaired) electrons. The molecule has 23 heavy (non-hydrogen) atoms. The average molecular weight is 325 g/mol.